The highest BCUT2D eigenvalue weighted by atomic mass is 79.9. The number of nitrogens with one attached hydrogen (secondary N) is 1. The van der Waals surface area contributed by atoms with E-state index < -0.39 is 0 Å². The van der Waals surface area contributed by atoms with E-state index in [1.165, 1.54) is 23.1 Å². The number of fused-ring (bicyclic) bond motifs is 1. The van der Waals surface area contributed by atoms with Crippen LogP contribution in [0, 0.1) is 0 Å². The summed E-state index contributed by atoms with van der Waals surface area (Å²) in [7, 11) is 3.73. The normalized spacial score (nSPS) is 17.8. The maximum absolute atomic E-state index is 5.31. The van der Waals surface area contributed by atoms with Gasteiger partial charge in [-0.3, -0.25) is 0 Å². The van der Waals surface area contributed by atoms with Crippen LogP contribution in [0.3, 0.4) is 0 Å². The van der Waals surface area contributed by atoms with Crippen LogP contribution in [-0.4, -0.2) is 14.2 Å². The summed E-state index contributed by atoms with van der Waals surface area (Å²) in [6.45, 7) is 0. The molecule has 0 saturated heterocycles. The third-order valence-corrected chi connectivity index (χ3v) is 5.03. The van der Waals surface area contributed by atoms with Crippen molar-refractivity contribution in [2.45, 2.75) is 24.8 Å². The number of rotatable bonds is 5. The molecule has 2 aromatic rings. The fraction of sp³-hybridized carbons (Fsp3) is 0.333. The Morgan fingerprint density at radius 1 is 1.29 bits per heavy atom. The van der Waals surface area contributed by atoms with Gasteiger partial charge in [-0.1, -0.05) is 30.3 Å². The molecular formula is C18H20BrNO. The van der Waals surface area contributed by atoms with Crippen molar-refractivity contribution in [2.24, 2.45) is 0 Å². The number of hydrogen-bond donors (Lipinski definition) is 1. The molecule has 1 aliphatic carbocycles. The molecule has 21 heavy (non-hydrogen) atoms. The van der Waals surface area contributed by atoms with Crippen molar-refractivity contribution in [3.63, 3.8) is 0 Å². The van der Waals surface area contributed by atoms with Gasteiger partial charge in [0.25, 0.3) is 0 Å². The Hall–Kier alpha value is -1.32. The lowest BCUT2D eigenvalue weighted by Gasteiger charge is -2.33. The number of benzene rings is 2. The van der Waals surface area contributed by atoms with Gasteiger partial charge < -0.3 is 10.1 Å². The molecule has 0 spiro atoms. The third kappa shape index (κ3) is 2.85. The van der Waals surface area contributed by atoms with E-state index in [4.69, 9.17) is 4.74 Å². The molecular weight excluding hydrogens is 326 g/mol. The molecule has 3 rings (SSSR count). The summed E-state index contributed by atoms with van der Waals surface area (Å²) in [5.41, 5.74) is 4.33. The summed E-state index contributed by atoms with van der Waals surface area (Å²) >= 11 is 3.58. The van der Waals surface area contributed by atoms with E-state index in [1.807, 2.05) is 13.1 Å². The minimum Gasteiger partial charge on any atom is -0.496 e. The van der Waals surface area contributed by atoms with Gasteiger partial charge in [0.15, 0.2) is 0 Å². The molecule has 110 valence electrons. The molecule has 2 aromatic carbocycles. The van der Waals surface area contributed by atoms with Gasteiger partial charge >= 0.3 is 0 Å². The van der Waals surface area contributed by atoms with Crippen LogP contribution in [0.15, 0.2) is 46.9 Å². The van der Waals surface area contributed by atoms with Gasteiger partial charge in [-0.2, -0.15) is 0 Å². The Morgan fingerprint density at radius 2 is 2.10 bits per heavy atom. The van der Waals surface area contributed by atoms with Crippen molar-refractivity contribution in [1.82, 2.24) is 5.32 Å². The van der Waals surface area contributed by atoms with Gasteiger partial charge in [-0.15, -0.1) is 0 Å². The van der Waals surface area contributed by atoms with Crippen LogP contribution in [0.5, 0.6) is 5.75 Å². The van der Waals surface area contributed by atoms with Crippen molar-refractivity contribution in [3.8, 4) is 5.75 Å². The molecule has 1 N–H and O–H groups in total. The van der Waals surface area contributed by atoms with Crippen molar-refractivity contribution in [3.05, 3.63) is 63.6 Å². The van der Waals surface area contributed by atoms with Crippen LogP contribution in [0.4, 0.5) is 0 Å². The second-order valence-electron chi connectivity index (χ2n) is 5.57. The molecule has 2 atom stereocenters. The molecule has 1 aliphatic rings. The molecule has 0 saturated carbocycles. The Bertz CT molecular complexity index is 641. The van der Waals surface area contributed by atoms with E-state index in [2.05, 4.69) is 57.6 Å². The summed E-state index contributed by atoms with van der Waals surface area (Å²) in [6, 6.07) is 15.5. The first-order valence-corrected chi connectivity index (χ1v) is 8.10. The molecule has 2 unspecified atom stereocenters. The first-order valence-electron chi connectivity index (χ1n) is 7.31. The van der Waals surface area contributed by atoms with Crippen molar-refractivity contribution in [1.29, 1.82) is 0 Å². The molecule has 0 fully saturated rings. The lowest BCUT2D eigenvalue weighted by Crippen LogP contribution is -2.25. The first kappa shape index (κ1) is 14.6. The summed E-state index contributed by atoms with van der Waals surface area (Å²) in [4.78, 5) is 0. The average molecular weight is 346 g/mol. The van der Waals surface area contributed by atoms with Gasteiger partial charge in [0, 0.05) is 6.04 Å². The SMILES string of the molecule is CNC(CC1Cc2ccccc21)c1ccc(OC)c(Br)c1. The van der Waals surface area contributed by atoms with Crippen LogP contribution in [0.2, 0.25) is 0 Å². The third-order valence-electron chi connectivity index (χ3n) is 4.41. The second-order valence-corrected chi connectivity index (χ2v) is 6.43. The zero-order chi connectivity index (χ0) is 14.8. The Balaban J connectivity index is 1.76. The number of hydrogen-bond acceptors (Lipinski definition) is 2. The van der Waals surface area contributed by atoms with Crippen LogP contribution < -0.4 is 10.1 Å². The summed E-state index contributed by atoms with van der Waals surface area (Å²) in [5, 5.41) is 3.45. The molecule has 2 nitrogen and oxygen atoms in total. The van der Waals surface area contributed by atoms with E-state index in [-0.39, 0.29) is 0 Å². The van der Waals surface area contributed by atoms with Crippen molar-refractivity contribution >= 4 is 15.9 Å². The lowest BCUT2D eigenvalue weighted by atomic mass is 9.74. The van der Waals surface area contributed by atoms with Crippen LogP contribution >= 0.6 is 15.9 Å². The Kier molecular flexibility index (Phi) is 4.32. The Labute approximate surface area is 134 Å². The molecule has 0 amide bonds. The summed E-state index contributed by atoms with van der Waals surface area (Å²) in [5.74, 6) is 1.54. The van der Waals surface area contributed by atoms with Gasteiger partial charge in [0.2, 0.25) is 0 Å². The van der Waals surface area contributed by atoms with Crippen molar-refractivity contribution < 1.29 is 4.74 Å². The van der Waals surface area contributed by atoms with E-state index in [0.717, 1.165) is 16.6 Å². The van der Waals surface area contributed by atoms with Gasteiger partial charge in [0.05, 0.1) is 11.6 Å². The van der Waals surface area contributed by atoms with E-state index in [1.54, 1.807) is 7.11 Å². The molecule has 0 aliphatic heterocycles. The molecule has 0 aromatic heterocycles. The highest BCUT2D eigenvalue weighted by molar-refractivity contribution is 9.10. The molecule has 0 bridgehead atoms. The van der Waals surface area contributed by atoms with Gasteiger partial charge in [0.1, 0.15) is 5.75 Å². The fourth-order valence-electron chi connectivity index (χ4n) is 3.18. The maximum Gasteiger partial charge on any atom is 0.133 e. The zero-order valence-electron chi connectivity index (χ0n) is 12.4. The van der Waals surface area contributed by atoms with Crippen LogP contribution in [0.25, 0.3) is 0 Å². The van der Waals surface area contributed by atoms with Crippen LogP contribution in [-0.2, 0) is 6.42 Å². The molecule has 0 radical (unpaired) electrons. The molecule has 0 heterocycles. The molecule has 3 heteroatoms. The smallest absolute Gasteiger partial charge is 0.133 e. The predicted octanol–water partition coefficient (Wildman–Crippen LogP) is 4.45. The van der Waals surface area contributed by atoms with Gasteiger partial charge in [-0.25, -0.2) is 0 Å². The lowest BCUT2D eigenvalue weighted by molar-refractivity contribution is 0.410. The minimum absolute atomic E-state index is 0.366. The topological polar surface area (TPSA) is 21.3 Å². The zero-order valence-corrected chi connectivity index (χ0v) is 14.0. The standard InChI is InChI=1S/C18H20BrNO/c1-20-17(13-7-8-18(21-2)16(19)10-13)11-14-9-12-5-3-4-6-15(12)14/h3-8,10,14,17,20H,9,11H2,1-2H3. The first-order chi connectivity index (χ1) is 10.2. The van der Waals surface area contributed by atoms with E-state index in [9.17, 15) is 0 Å². The number of methoxy groups -OCH3 is 1. The highest BCUT2D eigenvalue weighted by Gasteiger charge is 2.28. The quantitative estimate of drug-likeness (QED) is 0.864. The minimum atomic E-state index is 0.366. The van der Waals surface area contributed by atoms with Gasteiger partial charge in [-0.05, 0) is 70.6 Å². The maximum atomic E-state index is 5.31. The predicted molar refractivity (Wildman–Crippen MR) is 90.0 cm³/mol. The van der Waals surface area contributed by atoms with E-state index >= 15 is 0 Å². The number of halogens is 1. The average Bonchev–Trinajstić information content (AvgIpc) is 2.48. The summed E-state index contributed by atoms with van der Waals surface area (Å²) in [6.07, 6.45) is 2.33. The number of ether oxygens (including phenoxy) is 1. The van der Waals surface area contributed by atoms with E-state index in [0.29, 0.717) is 12.0 Å². The monoisotopic (exact) mass is 345 g/mol. The second kappa shape index (κ2) is 6.20. The van der Waals surface area contributed by atoms with Crippen LogP contribution in [0.1, 0.15) is 35.1 Å². The summed E-state index contributed by atoms with van der Waals surface area (Å²) < 4.78 is 6.32. The Morgan fingerprint density at radius 3 is 2.76 bits per heavy atom. The largest absolute Gasteiger partial charge is 0.496 e. The highest BCUT2D eigenvalue weighted by Crippen LogP contribution is 2.41. The van der Waals surface area contributed by atoms with Crippen molar-refractivity contribution in [2.75, 3.05) is 14.2 Å². The fourth-order valence-corrected chi connectivity index (χ4v) is 3.74.